The lowest BCUT2D eigenvalue weighted by Gasteiger charge is -2.11. The molecule has 0 saturated carbocycles. The van der Waals surface area contributed by atoms with Crippen LogP contribution in [0.25, 0.3) is 10.9 Å². The Bertz CT molecular complexity index is 884. The maximum Gasteiger partial charge on any atom is 0.297 e. The van der Waals surface area contributed by atoms with E-state index in [4.69, 9.17) is 4.74 Å². The summed E-state index contributed by atoms with van der Waals surface area (Å²) in [6, 6.07) is 5.79. The monoisotopic (exact) mass is 341 g/mol. The highest BCUT2D eigenvalue weighted by Gasteiger charge is 2.15. The van der Waals surface area contributed by atoms with E-state index in [-0.39, 0.29) is 17.1 Å². The summed E-state index contributed by atoms with van der Waals surface area (Å²) in [6.07, 6.45) is 7.37. The molecule has 0 amide bonds. The van der Waals surface area contributed by atoms with E-state index in [0.29, 0.717) is 10.9 Å². The minimum Gasteiger partial charge on any atom is -0.504 e. The number of fused-ring (bicyclic) bond motifs is 1. The molecule has 0 aliphatic heterocycles. The molecule has 0 spiro atoms. The first kappa shape index (κ1) is 18.8. The van der Waals surface area contributed by atoms with Crippen molar-refractivity contribution < 1.29 is 9.84 Å². The molecule has 1 aromatic carbocycles. The van der Waals surface area contributed by atoms with Crippen molar-refractivity contribution >= 4 is 10.9 Å². The molecule has 4 heteroatoms. The maximum absolute atomic E-state index is 12.1. The topological polar surface area (TPSA) is 51.5 Å². The van der Waals surface area contributed by atoms with E-state index in [0.717, 1.165) is 24.8 Å². The minimum atomic E-state index is -0.338. The van der Waals surface area contributed by atoms with Crippen molar-refractivity contribution in [3.05, 3.63) is 57.4 Å². The standard InChI is InChI=1S/C21H27NO3/c1-14(2)7-6-8-15(3)9-10-16-11-12-18-17(13-16)19(23)20(25-5)21(24)22(18)4/h7,9,11-13,23H,6,8,10H2,1-5H3/b15-9+. The van der Waals surface area contributed by atoms with Crippen LogP contribution in [0.3, 0.4) is 0 Å². The van der Waals surface area contributed by atoms with Crippen molar-refractivity contribution in [2.75, 3.05) is 7.11 Å². The number of aromatic nitrogens is 1. The summed E-state index contributed by atoms with van der Waals surface area (Å²) >= 11 is 0. The van der Waals surface area contributed by atoms with E-state index in [2.05, 4.69) is 32.9 Å². The SMILES string of the molecule is COc1c(O)c2cc(C/C=C(\C)CCC=C(C)C)ccc2n(C)c1=O. The number of hydrogen-bond acceptors (Lipinski definition) is 3. The number of methoxy groups -OCH3 is 1. The highest BCUT2D eigenvalue weighted by atomic mass is 16.5. The number of aromatic hydroxyl groups is 1. The number of nitrogens with zero attached hydrogens (tertiary/aromatic N) is 1. The highest BCUT2D eigenvalue weighted by molar-refractivity contribution is 5.88. The maximum atomic E-state index is 12.1. The Morgan fingerprint density at radius 1 is 1.24 bits per heavy atom. The van der Waals surface area contributed by atoms with Gasteiger partial charge in [-0.05, 0) is 57.7 Å². The van der Waals surface area contributed by atoms with Gasteiger partial charge in [-0.25, -0.2) is 0 Å². The van der Waals surface area contributed by atoms with Crippen LogP contribution >= 0.6 is 0 Å². The number of allylic oxidation sites excluding steroid dienone is 4. The van der Waals surface area contributed by atoms with Crippen LogP contribution in [-0.4, -0.2) is 16.8 Å². The third-order valence-corrected chi connectivity index (χ3v) is 4.37. The van der Waals surface area contributed by atoms with Crippen molar-refractivity contribution in [1.29, 1.82) is 0 Å². The molecule has 0 saturated heterocycles. The zero-order valence-electron chi connectivity index (χ0n) is 15.7. The summed E-state index contributed by atoms with van der Waals surface area (Å²) < 4.78 is 6.56. The summed E-state index contributed by atoms with van der Waals surface area (Å²) in [5, 5.41) is 11.0. The Labute approximate surface area is 149 Å². The Kier molecular flexibility index (Phi) is 6.07. The van der Waals surface area contributed by atoms with Crippen LogP contribution in [0.5, 0.6) is 11.5 Å². The first-order valence-corrected chi connectivity index (χ1v) is 8.52. The lowest BCUT2D eigenvalue weighted by atomic mass is 10.0. The Balaban J connectivity index is 2.29. The number of rotatable bonds is 6. The molecule has 4 nitrogen and oxygen atoms in total. The van der Waals surface area contributed by atoms with Crippen LogP contribution < -0.4 is 10.3 Å². The molecule has 0 radical (unpaired) electrons. The Morgan fingerprint density at radius 3 is 2.60 bits per heavy atom. The molecule has 0 aliphatic carbocycles. The van der Waals surface area contributed by atoms with Gasteiger partial charge in [0.05, 0.1) is 12.6 Å². The quantitative estimate of drug-likeness (QED) is 0.788. The van der Waals surface area contributed by atoms with Gasteiger partial charge in [0.25, 0.3) is 5.56 Å². The van der Waals surface area contributed by atoms with Crippen molar-refractivity contribution in [3.8, 4) is 11.5 Å². The number of benzene rings is 1. The second-order valence-electron chi connectivity index (χ2n) is 6.67. The van der Waals surface area contributed by atoms with Crippen LogP contribution in [0, 0.1) is 0 Å². The molecular formula is C21H27NO3. The average Bonchev–Trinajstić information content (AvgIpc) is 2.58. The van der Waals surface area contributed by atoms with Crippen molar-refractivity contribution in [3.63, 3.8) is 0 Å². The molecule has 0 aliphatic rings. The molecule has 0 fully saturated rings. The van der Waals surface area contributed by atoms with Crippen LogP contribution in [0.4, 0.5) is 0 Å². The fraction of sp³-hybridized carbons (Fsp3) is 0.381. The van der Waals surface area contributed by atoms with Gasteiger partial charge < -0.3 is 14.4 Å². The number of pyridine rings is 1. The molecular weight excluding hydrogens is 314 g/mol. The molecule has 0 bridgehead atoms. The van der Waals surface area contributed by atoms with E-state index in [9.17, 15) is 9.90 Å². The third kappa shape index (κ3) is 4.32. The van der Waals surface area contributed by atoms with Gasteiger partial charge in [0.15, 0.2) is 5.75 Å². The smallest absolute Gasteiger partial charge is 0.297 e. The molecule has 1 aromatic heterocycles. The number of hydrogen-bond donors (Lipinski definition) is 1. The van der Waals surface area contributed by atoms with Gasteiger partial charge in [-0.15, -0.1) is 0 Å². The molecule has 0 unspecified atom stereocenters. The first-order valence-electron chi connectivity index (χ1n) is 8.52. The third-order valence-electron chi connectivity index (χ3n) is 4.37. The molecule has 1 N–H and O–H groups in total. The van der Waals surface area contributed by atoms with Gasteiger partial charge in [-0.3, -0.25) is 4.79 Å². The second kappa shape index (κ2) is 8.06. The lowest BCUT2D eigenvalue weighted by Crippen LogP contribution is -2.18. The summed E-state index contributed by atoms with van der Waals surface area (Å²) in [7, 11) is 3.07. The first-order chi connectivity index (χ1) is 11.8. The van der Waals surface area contributed by atoms with Gasteiger partial charge in [-0.2, -0.15) is 0 Å². The minimum absolute atomic E-state index is 0.0133. The van der Waals surface area contributed by atoms with Crippen molar-refractivity contribution in [2.24, 2.45) is 7.05 Å². The highest BCUT2D eigenvalue weighted by Crippen LogP contribution is 2.31. The normalized spacial score (nSPS) is 11.6. The summed E-state index contributed by atoms with van der Waals surface area (Å²) in [4.78, 5) is 12.1. The fourth-order valence-corrected chi connectivity index (χ4v) is 2.84. The predicted molar refractivity (Wildman–Crippen MR) is 104 cm³/mol. The molecule has 0 atom stereocenters. The van der Waals surface area contributed by atoms with Gasteiger partial charge in [0, 0.05) is 12.4 Å². The van der Waals surface area contributed by atoms with E-state index in [1.54, 1.807) is 7.05 Å². The molecule has 2 aromatic rings. The van der Waals surface area contributed by atoms with Crippen molar-refractivity contribution in [1.82, 2.24) is 4.57 Å². The Hall–Kier alpha value is -2.49. The summed E-state index contributed by atoms with van der Waals surface area (Å²) in [5.41, 5.74) is 4.13. The van der Waals surface area contributed by atoms with Gasteiger partial charge in [-0.1, -0.05) is 29.4 Å². The van der Waals surface area contributed by atoms with Crippen LogP contribution in [0.1, 0.15) is 39.2 Å². The zero-order chi connectivity index (χ0) is 18.6. The number of aryl methyl sites for hydroxylation is 1. The van der Waals surface area contributed by atoms with Crippen LogP contribution in [0.15, 0.2) is 46.3 Å². The molecule has 1 heterocycles. The van der Waals surface area contributed by atoms with Gasteiger partial charge in [0.1, 0.15) is 0 Å². The Morgan fingerprint density at radius 2 is 1.96 bits per heavy atom. The van der Waals surface area contributed by atoms with Gasteiger partial charge in [0.2, 0.25) is 5.75 Å². The predicted octanol–water partition coefficient (Wildman–Crippen LogP) is 4.49. The van der Waals surface area contributed by atoms with Crippen molar-refractivity contribution in [2.45, 2.75) is 40.0 Å². The summed E-state index contributed by atoms with van der Waals surface area (Å²) in [6.45, 7) is 6.37. The van der Waals surface area contributed by atoms with E-state index in [1.807, 2.05) is 18.2 Å². The molecule has 25 heavy (non-hydrogen) atoms. The molecule has 134 valence electrons. The largest absolute Gasteiger partial charge is 0.504 e. The van der Waals surface area contributed by atoms with Gasteiger partial charge >= 0.3 is 0 Å². The van der Waals surface area contributed by atoms with Crippen LogP contribution in [0.2, 0.25) is 0 Å². The van der Waals surface area contributed by atoms with E-state index < -0.39 is 0 Å². The van der Waals surface area contributed by atoms with E-state index in [1.165, 1.54) is 22.8 Å². The fourth-order valence-electron chi connectivity index (χ4n) is 2.84. The second-order valence-corrected chi connectivity index (χ2v) is 6.67. The average molecular weight is 341 g/mol. The molecule has 2 rings (SSSR count). The summed E-state index contributed by atoms with van der Waals surface area (Å²) in [5.74, 6) is -0.104. The number of ether oxygens (including phenoxy) is 1. The lowest BCUT2D eigenvalue weighted by molar-refractivity contribution is 0.368. The van der Waals surface area contributed by atoms with Crippen LogP contribution in [-0.2, 0) is 13.5 Å². The zero-order valence-corrected chi connectivity index (χ0v) is 15.7. The van der Waals surface area contributed by atoms with E-state index >= 15 is 0 Å².